The molecule has 0 saturated carbocycles. The van der Waals surface area contributed by atoms with E-state index in [9.17, 15) is 4.79 Å². The molecular formula is C7H4BrNO2S. The number of hydrogen-bond acceptors (Lipinski definition) is 4. The van der Waals surface area contributed by atoms with E-state index in [4.69, 9.17) is 5.26 Å². The van der Waals surface area contributed by atoms with Crippen LogP contribution in [0.2, 0.25) is 0 Å². The lowest BCUT2D eigenvalue weighted by Gasteiger charge is -1.93. The lowest BCUT2D eigenvalue weighted by atomic mass is 10.3. The van der Waals surface area contributed by atoms with Gasteiger partial charge in [-0.2, -0.15) is 5.26 Å². The highest BCUT2D eigenvalue weighted by atomic mass is 79.9. The third kappa shape index (κ3) is 1.65. The molecule has 0 fully saturated rings. The predicted octanol–water partition coefficient (Wildman–Crippen LogP) is 2.17. The minimum absolute atomic E-state index is 0.317. The van der Waals surface area contributed by atoms with Gasteiger partial charge in [-0.15, -0.1) is 11.3 Å². The van der Waals surface area contributed by atoms with Crippen LogP contribution in [-0.4, -0.2) is 13.1 Å². The van der Waals surface area contributed by atoms with Crippen molar-refractivity contribution in [2.45, 2.75) is 0 Å². The molecule has 0 aliphatic rings. The maximum absolute atomic E-state index is 11.0. The molecule has 1 rings (SSSR count). The van der Waals surface area contributed by atoms with E-state index < -0.39 is 5.97 Å². The summed E-state index contributed by atoms with van der Waals surface area (Å²) >= 11 is 4.39. The van der Waals surface area contributed by atoms with Gasteiger partial charge in [-0.1, -0.05) is 0 Å². The van der Waals surface area contributed by atoms with Crippen LogP contribution in [0.5, 0.6) is 0 Å². The zero-order valence-corrected chi connectivity index (χ0v) is 8.53. The molecule has 0 amide bonds. The minimum atomic E-state index is -0.478. The third-order valence-corrected chi connectivity index (χ3v) is 2.75. The van der Waals surface area contributed by atoms with E-state index in [2.05, 4.69) is 20.7 Å². The molecule has 0 radical (unpaired) electrons. The molecule has 0 unspecified atom stereocenters. The van der Waals surface area contributed by atoms with Gasteiger partial charge in [-0.05, 0) is 22.0 Å². The molecule has 0 bridgehead atoms. The number of nitriles is 1. The lowest BCUT2D eigenvalue weighted by Crippen LogP contribution is -2.00. The molecular weight excluding hydrogens is 242 g/mol. The Bertz CT molecular complexity index is 353. The molecule has 0 aromatic carbocycles. The van der Waals surface area contributed by atoms with E-state index >= 15 is 0 Å². The molecule has 0 aliphatic heterocycles. The number of carbonyl (C=O) groups is 1. The summed E-state index contributed by atoms with van der Waals surface area (Å²) in [5, 5.41) is 8.61. The number of carbonyl (C=O) groups excluding carboxylic acids is 1. The van der Waals surface area contributed by atoms with Crippen LogP contribution in [0.4, 0.5) is 0 Å². The Hall–Kier alpha value is -0.860. The fourth-order valence-electron chi connectivity index (χ4n) is 0.706. The van der Waals surface area contributed by atoms with Crippen LogP contribution >= 0.6 is 27.3 Å². The Morgan fingerprint density at radius 3 is 3.00 bits per heavy atom. The van der Waals surface area contributed by atoms with E-state index in [0.717, 1.165) is 3.79 Å². The van der Waals surface area contributed by atoms with Crippen molar-refractivity contribution in [1.82, 2.24) is 0 Å². The molecule has 62 valence electrons. The molecule has 0 N–H and O–H groups in total. The largest absolute Gasteiger partial charge is 0.465 e. The summed E-state index contributed by atoms with van der Waals surface area (Å²) in [6.45, 7) is 0. The Balaban J connectivity index is 3.15. The number of esters is 1. The fourth-order valence-corrected chi connectivity index (χ4v) is 2.09. The Labute approximate surface area is 81.7 Å². The molecule has 0 atom stereocenters. The number of nitrogens with zero attached hydrogens (tertiary/aromatic N) is 1. The maximum atomic E-state index is 11.0. The molecule has 3 nitrogen and oxygen atoms in total. The van der Waals surface area contributed by atoms with Gasteiger partial charge in [0.15, 0.2) is 0 Å². The zero-order valence-electron chi connectivity index (χ0n) is 6.13. The van der Waals surface area contributed by atoms with Crippen molar-refractivity contribution in [2.75, 3.05) is 7.11 Å². The summed E-state index contributed by atoms with van der Waals surface area (Å²) in [7, 11) is 1.29. The van der Waals surface area contributed by atoms with Gasteiger partial charge in [0.05, 0.1) is 16.5 Å². The van der Waals surface area contributed by atoms with E-state index in [1.54, 1.807) is 6.07 Å². The highest BCUT2D eigenvalue weighted by Gasteiger charge is 2.14. The van der Waals surface area contributed by atoms with E-state index in [-0.39, 0.29) is 0 Å². The summed E-state index contributed by atoms with van der Waals surface area (Å²) < 4.78 is 5.24. The standard InChI is InChI=1S/C7H4BrNO2S/c1-11-7(10)4-2-6(8)12-5(4)3-9/h2H,1H3. The van der Waals surface area contributed by atoms with E-state index in [1.807, 2.05) is 6.07 Å². The first-order valence-corrected chi connectivity index (χ1v) is 4.57. The first-order chi connectivity index (χ1) is 5.69. The van der Waals surface area contributed by atoms with E-state index in [1.165, 1.54) is 18.4 Å². The van der Waals surface area contributed by atoms with Crippen molar-refractivity contribution in [1.29, 1.82) is 5.26 Å². The smallest absolute Gasteiger partial charge is 0.340 e. The first-order valence-electron chi connectivity index (χ1n) is 2.96. The summed E-state index contributed by atoms with van der Waals surface area (Å²) in [6, 6.07) is 3.50. The first kappa shape index (κ1) is 9.23. The quantitative estimate of drug-likeness (QED) is 0.713. The summed E-state index contributed by atoms with van der Waals surface area (Å²) in [5.41, 5.74) is 0.317. The zero-order chi connectivity index (χ0) is 9.14. The maximum Gasteiger partial charge on any atom is 0.340 e. The topological polar surface area (TPSA) is 50.1 Å². The number of methoxy groups -OCH3 is 1. The van der Waals surface area contributed by atoms with Gasteiger partial charge in [0, 0.05) is 0 Å². The lowest BCUT2D eigenvalue weighted by molar-refractivity contribution is 0.0601. The van der Waals surface area contributed by atoms with Crippen molar-refractivity contribution in [3.8, 4) is 6.07 Å². The normalized spacial score (nSPS) is 9.08. The number of halogens is 1. The molecule has 0 spiro atoms. The second kappa shape index (κ2) is 3.70. The van der Waals surface area contributed by atoms with Crippen LogP contribution in [0, 0.1) is 11.3 Å². The highest BCUT2D eigenvalue weighted by molar-refractivity contribution is 9.11. The van der Waals surface area contributed by atoms with Gasteiger partial charge in [0.25, 0.3) is 0 Å². The molecule has 1 aromatic heterocycles. The van der Waals surface area contributed by atoms with Gasteiger partial charge in [-0.3, -0.25) is 0 Å². The number of ether oxygens (including phenoxy) is 1. The van der Waals surface area contributed by atoms with E-state index in [0.29, 0.717) is 10.4 Å². The second-order valence-electron chi connectivity index (χ2n) is 1.90. The summed E-state index contributed by atoms with van der Waals surface area (Å²) in [4.78, 5) is 11.4. The van der Waals surface area contributed by atoms with Crippen molar-refractivity contribution in [3.05, 3.63) is 20.3 Å². The molecule has 0 aliphatic carbocycles. The molecule has 1 aromatic rings. The molecule has 0 saturated heterocycles. The Morgan fingerprint density at radius 1 is 1.83 bits per heavy atom. The van der Waals surface area contributed by atoms with Gasteiger partial charge in [0.1, 0.15) is 10.9 Å². The van der Waals surface area contributed by atoms with Crippen LogP contribution < -0.4 is 0 Å². The van der Waals surface area contributed by atoms with Gasteiger partial charge < -0.3 is 4.74 Å². The van der Waals surface area contributed by atoms with Crippen molar-refractivity contribution < 1.29 is 9.53 Å². The van der Waals surface area contributed by atoms with Crippen LogP contribution in [0.15, 0.2) is 9.85 Å². The molecule has 12 heavy (non-hydrogen) atoms. The average Bonchev–Trinajstić information content (AvgIpc) is 2.45. The highest BCUT2D eigenvalue weighted by Crippen LogP contribution is 2.26. The third-order valence-electron chi connectivity index (χ3n) is 1.21. The average molecular weight is 246 g/mol. The number of thiophene rings is 1. The number of rotatable bonds is 1. The summed E-state index contributed by atoms with van der Waals surface area (Å²) in [5.74, 6) is -0.478. The van der Waals surface area contributed by atoms with Crippen LogP contribution in [0.1, 0.15) is 15.2 Å². The monoisotopic (exact) mass is 245 g/mol. The van der Waals surface area contributed by atoms with Crippen LogP contribution in [0.3, 0.4) is 0 Å². The van der Waals surface area contributed by atoms with Gasteiger partial charge >= 0.3 is 5.97 Å². The van der Waals surface area contributed by atoms with Gasteiger partial charge in [-0.25, -0.2) is 4.79 Å². The fraction of sp³-hybridized carbons (Fsp3) is 0.143. The van der Waals surface area contributed by atoms with Gasteiger partial charge in [0.2, 0.25) is 0 Å². The molecule has 5 heteroatoms. The van der Waals surface area contributed by atoms with Crippen LogP contribution in [0.25, 0.3) is 0 Å². The van der Waals surface area contributed by atoms with Crippen molar-refractivity contribution in [2.24, 2.45) is 0 Å². The molecule has 1 heterocycles. The van der Waals surface area contributed by atoms with Crippen molar-refractivity contribution in [3.63, 3.8) is 0 Å². The predicted molar refractivity (Wildman–Crippen MR) is 48.1 cm³/mol. The van der Waals surface area contributed by atoms with Crippen molar-refractivity contribution >= 4 is 33.2 Å². The Kier molecular flexibility index (Phi) is 2.84. The van der Waals surface area contributed by atoms with Crippen LogP contribution in [-0.2, 0) is 4.74 Å². The summed E-state index contributed by atoms with van der Waals surface area (Å²) in [6.07, 6.45) is 0. The SMILES string of the molecule is COC(=O)c1cc(Br)sc1C#N. The minimum Gasteiger partial charge on any atom is -0.465 e. The second-order valence-corrected chi connectivity index (χ2v) is 4.33. The Morgan fingerprint density at radius 2 is 2.50 bits per heavy atom. The number of hydrogen-bond donors (Lipinski definition) is 0.